The minimum absolute atomic E-state index is 0.0325. The van der Waals surface area contributed by atoms with Crippen LogP contribution in [-0.4, -0.2) is 28.2 Å². The van der Waals surface area contributed by atoms with Gasteiger partial charge < -0.3 is 9.72 Å². The molecule has 29 heavy (non-hydrogen) atoms. The fourth-order valence-corrected chi connectivity index (χ4v) is 3.71. The minimum Gasteiger partial charge on any atom is -0.435 e. The van der Waals surface area contributed by atoms with E-state index in [2.05, 4.69) is 25.2 Å². The van der Waals surface area contributed by atoms with Gasteiger partial charge in [-0.1, -0.05) is 0 Å². The highest BCUT2D eigenvalue weighted by Gasteiger charge is 2.13. The second kappa shape index (κ2) is 8.48. The minimum atomic E-state index is -2.89. The molecule has 0 spiro atoms. The number of H-pyrrole nitrogens is 1. The van der Waals surface area contributed by atoms with E-state index in [9.17, 15) is 18.4 Å². The number of fused-ring (bicyclic) bond motifs is 1. The summed E-state index contributed by atoms with van der Waals surface area (Å²) in [5, 5.41) is 4.54. The van der Waals surface area contributed by atoms with Crippen LogP contribution in [-0.2, 0) is 11.2 Å². The average molecular weight is 420 g/mol. The van der Waals surface area contributed by atoms with Crippen molar-refractivity contribution >= 4 is 33.2 Å². The summed E-state index contributed by atoms with van der Waals surface area (Å²) in [5.41, 5.74) is 4.12. The Hall–Kier alpha value is -3.14. The van der Waals surface area contributed by atoms with Gasteiger partial charge in [0.15, 0.2) is 0 Å². The van der Waals surface area contributed by atoms with Crippen molar-refractivity contribution in [3.8, 4) is 5.75 Å². The lowest BCUT2D eigenvalue weighted by Gasteiger charge is -2.06. The summed E-state index contributed by atoms with van der Waals surface area (Å²) >= 11 is 1.41. The Morgan fingerprint density at radius 1 is 1.31 bits per heavy atom. The first kappa shape index (κ1) is 20.6. The zero-order valence-electron chi connectivity index (χ0n) is 15.9. The molecule has 1 amide bonds. The number of alkyl halides is 2. The van der Waals surface area contributed by atoms with Gasteiger partial charge in [-0.15, -0.1) is 11.3 Å². The number of aryl methyl sites for hydroxylation is 2. The third-order valence-corrected chi connectivity index (χ3v) is 5.36. The van der Waals surface area contributed by atoms with E-state index in [1.807, 2.05) is 13.8 Å². The van der Waals surface area contributed by atoms with Crippen LogP contribution < -0.4 is 15.7 Å². The van der Waals surface area contributed by atoms with Gasteiger partial charge in [0.05, 0.1) is 17.5 Å². The average Bonchev–Trinajstić information content (AvgIpc) is 2.94. The van der Waals surface area contributed by atoms with E-state index >= 15 is 0 Å². The van der Waals surface area contributed by atoms with Crippen molar-refractivity contribution in [3.05, 3.63) is 56.4 Å². The quantitative estimate of drug-likeness (QED) is 0.472. The molecule has 0 aliphatic rings. The number of nitrogens with zero attached hydrogens (tertiary/aromatic N) is 2. The number of carbonyl (C=O) groups is 1. The molecule has 0 aliphatic heterocycles. The number of aromatic nitrogens is 2. The molecular formula is C19H18F2N4O3S. The predicted molar refractivity (Wildman–Crippen MR) is 107 cm³/mol. The summed E-state index contributed by atoms with van der Waals surface area (Å²) in [6.07, 6.45) is -0.140. The molecule has 0 unspecified atom stereocenters. The number of aromatic amines is 1. The van der Waals surface area contributed by atoms with Gasteiger partial charge in [0.1, 0.15) is 16.4 Å². The Labute approximate surface area is 168 Å². The second-order valence-electron chi connectivity index (χ2n) is 6.29. The van der Waals surface area contributed by atoms with Crippen molar-refractivity contribution in [2.75, 3.05) is 0 Å². The van der Waals surface area contributed by atoms with Crippen LogP contribution in [0, 0.1) is 13.8 Å². The number of nitrogens with one attached hydrogen (secondary N) is 2. The molecule has 0 aliphatic carbocycles. The summed E-state index contributed by atoms with van der Waals surface area (Å²) in [7, 11) is 0. The van der Waals surface area contributed by atoms with E-state index in [-0.39, 0.29) is 23.6 Å². The molecule has 2 aromatic heterocycles. The van der Waals surface area contributed by atoms with E-state index in [1.54, 1.807) is 19.1 Å². The van der Waals surface area contributed by atoms with Gasteiger partial charge in [0, 0.05) is 4.88 Å². The van der Waals surface area contributed by atoms with Gasteiger partial charge in [-0.3, -0.25) is 9.59 Å². The maximum absolute atomic E-state index is 12.3. The van der Waals surface area contributed by atoms with Gasteiger partial charge >= 0.3 is 6.61 Å². The lowest BCUT2D eigenvalue weighted by atomic mass is 10.1. The summed E-state index contributed by atoms with van der Waals surface area (Å²) in [5.74, 6) is -0.165. The second-order valence-corrected chi connectivity index (χ2v) is 7.49. The van der Waals surface area contributed by atoms with E-state index in [4.69, 9.17) is 0 Å². The molecule has 0 saturated carbocycles. The first-order valence-corrected chi connectivity index (χ1v) is 9.43. The molecule has 7 nitrogen and oxygen atoms in total. The molecule has 10 heteroatoms. The molecule has 152 valence electrons. The Balaban J connectivity index is 1.67. The van der Waals surface area contributed by atoms with E-state index in [0.717, 1.165) is 10.4 Å². The third-order valence-electron chi connectivity index (χ3n) is 4.26. The highest BCUT2D eigenvalue weighted by Crippen LogP contribution is 2.25. The smallest absolute Gasteiger partial charge is 0.387 e. The monoisotopic (exact) mass is 420 g/mol. The van der Waals surface area contributed by atoms with Crippen molar-refractivity contribution in [1.29, 1.82) is 0 Å². The largest absolute Gasteiger partial charge is 0.435 e. The lowest BCUT2D eigenvalue weighted by molar-refractivity contribution is -0.120. The van der Waals surface area contributed by atoms with Crippen molar-refractivity contribution in [3.63, 3.8) is 0 Å². The van der Waals surface area contributed by atoms with Crippen molar-refractivity contribution in [2.45, 2.75) is 33.8 Å². The fraction of sp³-hybridized carbons (Fsp3) is 0.263. The Bertz CT molecular complexity index is 1140. The SMILES string of the molecule is C/C(=N\NC(=O)Cc1nc2sc(C)c(C)c2c(=O)[nH]1)c1ccc(OC(F)F)cc1. The number of thiophene rings is 1. The topological polar surface area (TPSA) is 96.4 Å². The molecule has 3 rings (SSSR count). The number of amides is 1. The lowest BCUT2D eigenvalue weighted by Crippen LogP contribution is -2.24. The summed E-state index contributed by atoms with van der Waals surface area (Å²) < 4.78 is 28.6. The van der Waals surface area contributed by atoms with Crippen LogP contribution in [0.25, 0.3) is 10.2 Å². The molecule has 3 aromatic rings. The molecule has 1 aromatic carbocycles. The molecule has 0 fully saturated rings. The summed E-state index contributed by atoms with van der Waals surface area (Å²) in [6, 6.07) is 5.88. The highest BCUT2D eigenvalue weighted by molar-refractivity contribution is 7.18. The van der Waals surface area contributed by atoms with Gasteiger partial charge in [0.2, 0.25) is 5.91 Å². The van der Waals surface area contributed by atoms with Gasteiger partial charge in [0.25, 0.3) is 5.56 Å². The summed E-state index contributed by atoms with van der Waals surface area (Å²) in [4.78, 5) is 33.0. The zero-order chi connectivity index (χ0) is 21.1. The molecular weight excluding hydrogens is 402 g/mol. The van der Waals surface area contributed by atoms with Crippen LogP contribution in [0.15, 0.2) is 34.2 Å². The molecule has 2 heterocycles. The number of hydrazone groups is 1. The van der Waals surface area contributed by atoms with Gasteiger partial charge in [-0.2, -0.15) is 13.9 Å². The molecule has 0 radical (unpaired) electrons. The van der Waals surface area contributed by atoms with E-state index in [1.165, 1.54) is 23.5 Å². The molecule has 0 atom stereocenters. The van der Waals surface area contributed by atoms with Crippen molar-refractivity contribution in [1.82, 2.24) is 15.4 Å². The maximum atomic E-state index is 12.3. The van der Waals surface area contributed by atoms with Gasteiger partial charge in [-0.05, 0) is 56.2 Å². The van der Waals surface area contributed by atoms with Gasteiger partial charge in [-0.25, -0.2) is 10.4 Å². The summed E-state index contributed by atoms with van der Waals surface area (Å²) in [6.45, 7) is 2.54. The predicted octanol–water partition coefficient (Wildman–Crippen LogP) is 3.29. The Morgan fingerprint density at radius 2 is 2.00 bits per heavy atom. The number of ether oxygens (including phenoxy) is 1. The number of hydrogen-bond donors (Lipinski definition) is 2. The molecule has 0 saturated heterocycles. The maximum Gasteiger partial charge on any atom is 0.387 e. The highest BCUT2D eigenvalue weighted by atomic mass is 32.1. The Morgan fingerprint density at radius 3 is 2.66 bits per heavy atom. The molecule has 2 N–H and O–H groups in total. The zero-order valence-corrected chi connectivity index (χ0v) is 16.7. The van der Waals surface area contributed by atoms with Crippen LogP contribution in [0.3, 0.4) is 0 Å². The number of carbonyl (C=O) groups excluding carboxylic acids is 1. The van der Waals surface area contributed by atoms with Crippen molar-refractivity contribution in [2.24, 2.45) is 5.10 Å². The van der Waals surface area contributed by atoms with Crippen LogP contribution in [0.4, 0.5) is 8.78 Å². The van der Waals surface area contributed by atoms with E-state index in [0.29, 0.717) is 21.5 Å². The number of benzene rings is 1. The normalized spacial score (nSPS) is 11.9. The first-order valence-electron chi connectivity index (χ1n) is 8.62. The number of halogens is 2. The number of hydrogen-bond acceptors (Lipinski definition) is 6. The van der Waals surface area contributed by atoms with Crippen LogP contribution in [0.1, 0.15) is 28.8 Å². The molecule has 0 bridgehead atoms. The van der Waals surface area contributed by atoms with Crippen LogP contribution >= 0.6 is 11.3 Å². The fourth-order valence-electron chi connectivity index (χ4n) is 2.66. The first-order chi connectivity index (χ1) is 13.7. The standard InChI is InChI=1S/C19H18F2N4O3S/c1-9-11(3)29-18-16(9)17(27)22-14(23-18)8-15(26)25-24-10(2)12-4-6-13(7-5-12)28-19(20)21/h4-7,19H,8H2,1-3H3,(H,25,26)(H,22,23,27)/b24-10+. The van der Waals surface area contributed by atoms with Crippen LogP contribution in [0.2, 0.25) is 0 Å². The number of rotatable bonds is 6. The van der Waals surface area contributed by atoms with Crippen LogP contribution in [0.5, 0.6) is 5.75 Å². The van der Waals surface area contributed by atoms with Crippen molar-refractivity contribution < 1.29 is 18.3 Å². The van der Waals surface area contributed by atoms with E-state index < -0.39 is 12.5 Å². The third kappa shape index (κ3) is 4.83. The Kier molecular flexibility index (Phi) is 6.02.